The molecule has 1 aliphatic rings. The number of halogens is 1. The molecule has 0 aliphatic heterocycles. The van der Waals surface area contributed by atoms with Crippen LogP contribution in [0.25, 0.3) is 0 Å². The highest BCUT2D eigenvalue weighted by atomic mass is 127. The highest BCUT2D eigenvalue weighted by Gasteiger charge is 2.45. The zero-order valence-electron chi connectivity index (χ0n) is 16.8. The molecule has 0 bridgehead atoms. The van der Waals surface area contributed by atoms with Crippen LogP contribution in [-0.4, -0.2) is 70.8 Å². The molecule has 1 saturated carbocycles. The van der Waals surface area contributed by atoms with Crippen molar-refractivity contribution in [3.8, 4) is 0 Å². The molecule has 150 valence electrons. The van der Waals surface area contributed by atoms with Gasteiger partial charge in [-0.25, -0.2) is 0 Å². The number of hydrogen-bond acceptors (Lipinski definition) is 4. The molecule has 3 N–H and O–H groups in total. The second-order valence-electron chi connectivity index (χ2n) is 7.13. The highest BCUT2D eigenvalue weighted by Crippen LogP contribution is 2.41. The molecule has 0 amide bonds. The van der Waals surface area contributed by atoms with Crippen LogP contribution in [0.4, 0.5) is 0 Å². The maximum atomic E-state index is 10.7. The van der Waals surface area contributed by atoms with Crippen LogP contribution in [0, 0.1) is 0 Å². The molecule has 1 rings (SSSR count). The van der Waals surface area contributed by atoms with Crippen LogP contribution >= 0.6 is 35.7 Å². The number of rotatable bonds is 10. The van der Waals surface area contributed by atoms with Crippen molar-refractivity contribution in [2.45, 2.75) is 77.3 Å². The van der Waals surface area contributed by atoms with E-state index in [2.05, 4.69) is 62.1 Å². The van der Waals surface area contributed by atoms with Crippen molar-refractivity contribution in [3.05, 3.63) is 0 Å². The van der Waals surface area contributed by atoms with Crippen molar-refractivity contribution in [1.29, 1.82) is 0 Å². The van der Waals surface area contributed by atoms with Crippen LogP contribution in [-0.2, 0) is 0 Å². The van der Waals surface area contributed by atoms with Crippen molar-refractivity contribution in [1.82, 2.24) is 15.5 Å². The van der Waals surface area contributed by atoms with Crippen molar-refractivity contribution in [2.24, 2.45) is 4.99 Å². The third-order valence-corrected chi connectivity index (χ3v) is 6.06. The van der Waals surface area contributed by atoms with Gasteiger partial charge in [-0.2, -0.15) is 11.8 Å². The summed E-state index contributed by atoms with van der Waals surface area (Å²) in [6, 6.07) is 1.07. The van der Waals surface area contributed by atoms with E-state index in [9.17, 15) is 5.11 Å². The van der Waals surface area contributed by atoms with Crippen molar-refractivity contribution < 1.29 is 5.11 Å². The van der Waals surface area contributed by atoms with Crippen LogP contribution < -0.4 is 10.6 Å². The van der Waals surface area contributed by atoms with Crippen LogP contribution in [0.5, 0.6) is 0 Å². The fourth-order valence-electron chi connectivity index (χ4n) is 3.19. The van der Waals surface area contributed by atoms with Gasteiger partial charge in [0.25, 0.3) is 0 Å². The Morgan fingerprint density at radius 2 is 1.88 bits per heavy atom. The minimum atomic E-state index is -0.620. The number of thioether (sulfide) groups is 1. The van der Waals surface area contributed by atoms with Gasteiger partial charge in [-0.05, 0) is 53.2 Å². The molecule has 5 nitrogen and oxygen atoms in total. The number of aliphatic imine (C=N–C) groups is 1. The highest BCUT2D eigenvalue weighted by molar-refractivity contribution is 14.0. The summed E-state index contributed by atoms with van der Waals surface area (Å²) in [5, 5.41) is 17.7. The maximum absolute atomic E-state index is 10.7. The van der Waals surface area contributed by atoms with E-state index in [4.69, 9.17) is 0 Å². The molecule has 1 fully saturated rings. The predicted molar refractivity (Wildman–Crippen MR) is 122 cm³/mol. The number of guanidine groups is 1. The first-order valence-electron chi connectivity index (χ1n) is 9.46. The Bertz CT molecular complexity index is 387. The molecule has 0 aromatic carbocycles. The fourth-order valence-corrected chi connectivity index (χ4v) is 4.38. The summed E-state index contributed by atoms with van der Waals surface area (Å²) < 4.78 is 0. The lowest BCUT2D eigenvalue weighted by Gasteiger charge is -2.44. The number of aliphatic hydroxyl groups is 1. The van der Waals surface area contributed by atoms with Gasteiger partial charge in [-0.3, -0.25) is 9.89 Å². The van der Waals surface area contributed by atoms with Crippen molar-refractivity contribution in [3.63, 3.8) is 0 Å². The Labute approximate surface area is 176 Å². The van der Waals surface area contributed by atoms with E-state index in [-0.39, 0.29) is 24.0 Å². The minimum Gasteiger partial charge on any atom is -0.387 e. The van der Waals surface area contributed by atoms with Crippen molar-refractivity contribution >= 4 is 41.7 Å². The zero-order valence-corrected chi connectivity index (χ0v) is 20.0. The molecule has 0 aromatic rings. The molecule has 0 spiro atoms. The Hall–Kier alpha value is 0.270. The molecule has 0 heterocycles. The van der Waals surface area contributed by atoms with Gasteiger partial charge in [-0.15, -0.1) is 24.0 Å². The maximum Gasteiger partial charge on any atom is 0.191 e. The van der Waals surface area contributed by atoms with E-state index < -0.39 is 5.60 Å². The van der Waals surface area contributed by atoms with Gasteiger partial charge in [0, 0.05) is 37.0 Å². The first kappa shape index (κ1) is 25.3. The third-order valence-electron chi connectivity index (χ3n) is 4.65. The van der Waals surface area contributed by atoms with Gasteiger partial charge in [0.2, 0.25) is 0 Å². The molecule has 7 heteroatoms. The second-order valence-corrected chi connectivity index (χ2v) is 8.61. The smallest absolute Gasteiger partial charge is 0.191 e. The molecule has 25 heavy (non-hydrogen) atoms. The third kappa shape index (κ3) is 8.22. The largest absolute Gasteiger partial charge is 0.387 e. The van der Waals surface area contributed by atoms with Gasteiger partial charge in [0.15, 0.2) is 5.96 Å². The summed E-state index contributed by atoms with van der Waals surface area (Å²) in [7, 11) is 0. The molecule has 2 unspecified atom stereocenters. The molecule has 0 aromatic heterocycles. The summed E-state index contributed by atoms with van der Waals surface area (Å²) in [4.78, 5) is 7.10. The lowest BCUT2D eigenvalue weighted by Crippen LogP contribution is -2.53. The van der Waals surface area contributed by atoms with Gasteiger partial charge < -0.3 is 15.7 Å². The van der Waals surface area contributed by atoms with Gasteiger partial charge >= 0.3 is 0 Å². The van der Waals surface area contributed by atoms with E-state index in [1.54, 1.807) is 0 Å². The number of hydrogen-bond donors (Lipinski definition) is 3. The molecular weight excluding hydrogens is 447 g/mol. The van der Waals surface area contributed by atoms with Crippen LogP contribution in [0.3, 0.4) is 0 Å². The first-order chi connectivity index (χ1) is 11.3. The average Bonchev–Trinajstić information content (AvgIpc) is 2.52. The predicted octanol–water partition coefficient (Wildman–Crippen LogP) is 2.92. The summed E-state index contributed by atoms with van der Waals surface area (Å²) in [5.74, 6) is 1.86. The Kier molecular flexibility index (Phi) is 12.8. The zero-order chi connectivity index (χ0) is 18.2. The standard InChI is InChI=1S/C18H38N4OS.HI/c1-7-19-17(20-11-12-22(14(3)4)15(5)6)21-13-18(23)10-9-16(18)24-8-2;/h14-16,23H,7-13H2,1-6H3,(H2,19,20,21);1H. The second kappa shape index (κ2) is 12.6. The number of nitrogens with one attached hydrogen (secondary N) is 2. The number of nitrogens with zero attached hydrogens (tertiary/aromatic N) is 2. The topological polar surface area (TPSA) is 59.9 Å². The van der Waals surface area contributed by atoms with E-state index in [1.165, 1.54) is 0 Å². The van der Waals surface area contributed by atoms with Crippen LogP contribution in [0.2, 0.25) is 0 Å². The van der Waals surface area contributed by atoms with E-state index in [1.807, 2.05) is 11.8 Å². The Morgan fingerprint density at radius 3 is 2.32 bits per heavy atom. The molecule has 0 saturated heterocycles. The lowest BCUT2D eigenvalue weighted by molar-refractivity contribution is -0.0154. The molecular formula is C18H39IN4OS. The first-order valence-corrected chi connectivity index (χ1v) is 10.5. The Balaban J connectivity index is 0.00000576. The van der Waals surface area contributed by atoms with Gasteiger partial charge in [0.05, 0.1) is 12.1 Å². The van der Waals surface area contributed by atoms with Crippen molar-refractivity contribution in [2.75, 3.05) is 31.9 Å². The fraction of sp³-hybridized carbons (Fsp3) is 0.944. The molecule has 1 aliphatic carbocycles. The summed E-state index contributed by atoms with van der Waals surface area (Å²) in [6.45, 7) is 16.3. The average molecular weight is 487 g/mol. The van der Waals surface area contributed by atoms with Crippen LogP contribution in [0.15, 0.2) is 4.99 Å². The lowest BCUT2D eigenvalue weighted by atomic mass is 9.79. The van der Waals surface area contributed by atoms with E-state index in [0.717, 1.165) is 44.2 Å². The minimum absolute atomic E-state index is 0. The summed E-state index contributed by atoms with van der Waals surface area (Å²) in [5.41, 5.74) is -0.620. The van der Waals surface area contributed by atoms with E-state index in [0.29, 0.717) is 23.9 Å². The van der Waals surface area contributed by atoms with Crippen LogP contribution in [0.1, 0.15) is 54.4 Å². The normalized spacial score (nSPS) is 23.6. The quantitative estimate of drug-likeness (QED) is 0.252. The SMILES string of the molecule is CCNC(=NCC1(O)CCC1SCC)NCCN(C(C)C)C(C)C.I. The Morgan fingerprint density at radius 1 is 1.24 bits per heavy atom. The summed E-state index contributed by atoms with van der Waals surface area (Å²) in [6.07, 6.45) is 1.97. The molecule has 0 radical (unpaired) electrons. The van der Waals surface area contributed by atoms with Gasteiger partial charge in [0.1, 0.15) is 0 Å². The van der Waals surface area contributed by atoms with E-state index >= 15 is 0 Å². The monoisotopic (exact) mass is 486 g/mol. The van der Waals surface area contributed by atoms with Gasteiger partial charge in [-0.1, -0.05) is 6.92 Å². The summed E-state index contributed by atoms with van der Waals surface area (Å²) >= 11 is 1.85. The molecule has 2 atom stereocenters.